The maximum atomic E-state index is 4.74. The normalized spacial score (nSPS) is 30.1. The van der Waals surface area contributed by atoms with Gasteiger partial charge in [-0.1, -0.05) is 27.7 Å². The van der Waals surface area contributed by atoms with Gasteiger partial charge in [0.1, 0.15) is 0 Å². The Kier molecular flexibility index (Phi) is 1.73. The summed E-state index contributed by atoms with van der Waals surface area (Å²) < 4.78 is 0. The molecule has 0 amide bonds. The molecule has 0 radical (unpaired) electrons. The minimum absolute atomic E-state index is 0.0839. The van der Waals surface area contributed by atoms with Crippen molar-refractivity contribution in [3.05, 3.63) is 0 Å². The van der Waals surface area contributed by atoms with Crippen LogP contribution in [0, 0.1) is 10.8 Å². The molecule has 1 heteroatoms. The lowest BCUT2D eigenvalue weighted by Gasteiger charge is -2.43. The van der Waals surface area contributed by atoms with Crippen molar-refractivity contribution in [3.8, 4) is 0 Å². The fraction of sp³-hybridized carbons (Fsp3) is 0.909. The van der Waals surface area contributed by atoms with Gasteiger partial charge in [-0.25, -0.2) is 0 Å². The first-order chi connectivity index (χ1) is 5.13. The predicted octanol–water partition coefficient (Wildman–Crippen LogP) is 3.29. The van der Waals surface area contributed by atoms with Gasteiger partial charge in [0.25, 0.3) is 0 Å². The van der Waals surface area contributed by atoms with Crippen LogP contribution in [0.2, 0.25) is 0 Å². The van der Waals surface area contributed by atoms with Gasteiger partial charge in [0.05, 0.1) is 5.54 Å². The van der Waals surface area contributed by atoms with E-state index < -0.39 is 0 Å². The van der Waals surface area contributed by atoms with Crippen LogP contribution in [0.25, 0.3) is 0 Å². The molecule has 0 bridgehead atoms. The molecule has 12 heavy (non-hydrogen) atoms. The van der Waals surface area contributed by atoms with Crippen LogP contribution in [0.5, 0.6) is 0 Å². The van der Waals surface area contributed by atoms with E-state index in [4.69, 9.17) is 4.99 Å². The summed E-state index contributed by atoms with van der Waals surface area (Å²) in [6, 6.07) is 0. The second-order valence-corrected chi connectivity index (χ2v) is 5.51. The van der Waals surface area contributed by atoms with E-state index in [0.717, 1.165) is 0 Å². The first kappa shape index (κ1) is 9.76. The van der Waals surface area contributed by atoms with Crippen LogP contribution in [0.1, 0.15) is 48.5 Å². The number of hydrogen-bond acceptors (Lipinski definition) is 1. The van der Waals surface area contributed by atoms with Crippen molar-refractivity contribution in [1.29, 1.82) is 0 Å². The van der Waals surface area contributed by atoms with E-state index in [1.54, 1.807) is 0 Å². The maximum absolute atomic E-state index is 4.74. The van der Waals surface area contributed by atoms with E-state index in [1.807, 2.05) is 0 Å². The van der Waals surface area contributed by atoms with Crippen LogP contribution < -0.4 is 0 Å². The molecule has 1 aliphatic rings. The average Bonchev–Trinajstić information content (AvgIpc) is 1.92. The molecule has 0 N–H and O–H groups in total. The average molecular weight is 167 g/mol. The number of aliphatic imine (C=N–C) groups is 1. The van der Waals surface area contributed by atoms with Crippen molar-refractivity contribution >= 4 is 5.71 Å². The first-order valence-corrected chi connectivity index (χ1v) is 4.70. The summed E-state index contributed by atoms with van der Waals surface area (Å²) in [6.07, 6.45) is 0. The summed E-state index contributed by atoms with van der Waals surface area (Å²) in [4.78, 5) is 4.74. The summed E-state index contributed by atoms with van der Waals surface area (Å²) in [6.45, 7) is 15.8. The molecular weight excluding hydrogens is 146 g/mol. The van der Waals surface area contributed by atoms with Crippen LogP contribution in [0.3, 0.4) is 0 Å². The Morgan fingerprint density at radius 1 is 0.917 bits per heavy atom. The van der Waals surface area contributed by atoms with Crippen molar-refractivity contribution in [3.63, 3.8) is 0 Å². The molecule has 1 aliphatic heterocycles. The largest absolute Gasteiger partial charge is 0.287 e. The highest BCUT2D eigenvalue weighted by atomic mass is 15.0. The predicted molar refractivity (Wildman–Crippen MR) is 54.8 cm³/mol. The van der Waals surface area contributed by atoms with E-state index in [-0.39, 0.29) is 16.4 Å². The van der Waals surface area contributed by atoms with Crippen LogP contribution in [-0.4, -0.2) is 11.3 Å². The molecule has 70 valence electrons. The molecule has 0 spiro atoms. The minimum Gasteiger partial charge on any atom is -0.287 e. The van der Waals surface area contributed by atoms with Gasteiger partial charge in [0.15, 0.2) is 0 Å². The molecule has 0 aromatic carbocycles. The fourth-order valence-electron chi connectivity index (χ4n) is 1.92. The monoisotopic (exact) mass is 167 g/mol. The lowest BCUT2D eigenvalue weighted by molar-refractivity contribution is 0.118. The van der Waals surface area contributed by atoms with E-state index in [2.05, 4.69) is 48.5 Å². The smallest absolute Gasteiger partial charge is 0.0611 e. The van der Waals surface area contributed by atoms with Gasteiger partial charge in [-0.05, 0) is 26.2 Å². The Hall–Kier alpha value is -0.330. The topological polar surface area (TPSA) is 12.4 Å². The SMILES string of the molecule is CC1=NC(C)(C)C(C)(C)C1(C)C. The number of nitrogens with zero attached hydrogens (tertiary/aromatic N) is 1. The molecule has 0 fully saturated rings. The summed E-state index contributed by atoms with van der Waals surface area (Å²) in [5.41, 5.74) is 1.86. The number of rotatable bonds is 0. The van der Waals surface area contributed by atoms with Gasteiger partial charge in [-0.2, -0.15) is 0 Å². The Morgan fingerprint density at radius 3 is 1.42 bits per heavy atom. The third-order valence-corrected chi connectivity index (χ3v) is 4.44. The third kappa shape index (κ3) is 0.884. The molecule has 0 aliphatic carbocycles. The van der Waals surface area contributed by atoms with Crippen molar-refractivity contribution in [1.82, 2.24) is 0 Å². The Morgan fingerprint density at radius 2 is 1.33 bits per heavy atom. The van der Waals surface area contributed by atoms with Crippen molar-refractivity contribution in [2.75, 3.05) is 0 Å². The highest BCUT2D eigenvalue weighted by Crippen LogP contribution is 2.54. The van der Waals surface area contributed by atoms with Crippen molar-refractivity contribution in [2.45, 2.75) is 54.0 Å². The molecule has 0 saturated heterocycles. The molecule has 0 unspecified atom stereocenters. The highest BCUT2D eigenvalue weighted by molar-refractivity contribution is 5.90. The van der Waals surface area contributed by atoms with Crippen LogP contribution >= 0.6 is 0 Å². The second kappa shape index (κ2) is 2.12. The van der Waals surface area contributed by atoms with Crippen molar-refractivity contribution in [2.24, 2.45) is 15.8 Å². The van der Waals surface area contributed by atoms with Crippen LogP contribution in [0.4, 0.5) is 0 Å². The summed E-state index contributed by atoms with van der Waals surface area (Å²) in [5.74, 6) is 0. The molecule has 0 aromatic heterocycles. The second-order valence-electron chi connectivity index (χ2n) is 5.51. The summed E-state index contributed by atoms with van der Waals surface area (Å²) in [7, 11) is 0. The highest BCUT2D eigenvalue weighted by Gasteiger charge is 2.54. The van der Waals surface area contributed by atoms with Crippen molar-refractivity contribution < 1.29 is 0 Å². The van der Waals surface area contributed by atoms with Crippen LogP contribution in [0.15, 0.2) is 4.99 Å². The minimum atomic E-state index is 0.0839. The number of hydrogen-bond donors (Lipinski definition) is 0. The lowest BCUT2D eigenvalue weighted by atomic mass is 9.60. The maximum Gasteiger partial charge on any atom is 0.0611 e. The van der Waals surface area contributed by atoms with Gasteiger partial charge in [-0.15, -0.1) is 0 Å². The fourth-order valence-corrected chi connectivity index (χ4v) is 1.92. The zero-order valence-corrected chi connectivity index (χ0v) is 9.45. The molecule has 0 saturated carbocycles. The molecule has 0 aromatic rings. The van der Waals surface area contributed by atoms with E-state index >= 15 is 0 Å². The van der Waals surface area contributed by atoms with Crippen LogP contribution in [-0.2, 0) is 0 Å². The Bertz CT molecular complexity index is 231. The zero-order valence-electron chi connectivity index (χ0n) is 9.45. The zero-order chi connectivity index (χ0) is 9.78. The van der Waals surface area contributed by atoms with Gasteiger partial charge in [0, 0.05) is 11.1 Å². The summed E-state index contributed by atoms with van der Waals surface area (Å²) in [5, 5.41) is 0. The van der Waals surface area contributed by atoms with Gasteiger partial charge in [-0.3, -0.25) is 4.99 Å². The molecule has 1 nitrogen and oxygen atoms in total. The molecule has 1 rings (SSSR count). The molecule has 0 atom stereocenters. The lowest BCUT2D eigenvalue weighted by Crippen LogP contribution is -2.44. The van der Waals surface area contributed by atoms with E-state index in [9.17, 15) is 0 Å². The quantitative estimate of drug-likeness (QED) is 0.525. The van der Waals surface area contributed by atoms with E-state index in [1.165, 1.54) is 5.71 Å². The first-order valence-electron chi connectivity index (χ1n) is 4.70. The van der Waals surface area contributed by atoms with Gasteiger partial charge >= 0.3 is 0 Å². The molecule has 1 heterocycles. The van der Waals surface area contributed by atoms with E-state index in [0.29, 0.717) is 0 Å². The Balaban J connectivity index is 3.22. The van der Waals surface area contributed by atoms with Gasteiger partial charge in [0.2, 0.25) is 0 Å². The third-order valence-electron chi connectivity index (χ3n) is 4.44. The molecular formula is C11H21N. The standard InChI is InChI=1S/C11H21N/c1-8-9(2,3)10(4,5)11(6,7)12-8/h1-7H3. The summed E-state index contributed by atoms with van der Waals surface area (Å²) >= 11 is 0. The van der Waals surface area contributed by atoms with Gasteiger partial charge < -0.3 is 0 Å². The Labute approximate surface area is 76.3 Å².